The summed E-state index contributed by atoms with van der Waals surface area (Å²) in [6.45, 7) is 12.5. The molecule has 0 aromatic heterocycles. The van der Waals surface area contributed by atoms with E-state index < -0.39 is 11.7 Å². The van der Waals surface area contributed by atoms with Gasteiger partial charge < -0.3 is 20.7 Å². The SMILES string of the molecule is CCCCCCN=C(NCC)NCCNC(=O)OC(C)(C)C. The molecular weight excluding hydrogens is 280 g/mol. The van der Waals surface area contributed by atoms with Crippen LogP contribution in [0.4, 0.5) is 4.79 Å². The van der Waals surface area contributed by atoms with Crippen LogP contribution < -0.4 is 16.0 Å². The van der Waals surface area contributed by atoms with Crippen molar-refractivity contribution in [3.8, 4) is 0 Å². The van der Waals surface area contributed by atoms with Gasteiger partial charge in [-0.05, 0) is 34.1 Å². The molecule has 0 radical (unpaired) electrons. The van der Waals surface area contributed by atoms with Gasteiger partial charge in [-0.25, -0.2) is 4.79 Å². The number of ether oxygens (including phenoxy) is 1. The fourth-order valence-electron chi connectivity index (χ4n) is 1.73. The zero-order valence-corrected chi connectivity index (χ0v) is 14.9. The maximum absolute atomic E-state index is 11.5. The fourth-order valence-corrected chi connectivity index (χ4v) is 1.73. The molecule has 6 nitrogen and oxygen atoms in total. The topological polar surface area (TPSA) is 74.8 Å². The van der Waals surface area contributed by atoms with Crippen LogP contribution in [0.1, 0.15) is 60.3 Å². The van der Waals surface area contributed by atoms with Gasteiger partial charge in [-0.2, -0.15) is 0 Å². The van der Waals surface area contributed by atoms with Crippen molar-refractivity contribution in [2.75, 3.05) is 26.2 Å². The van der Waals surface area contributed by atoms with Crippen LogP contribution in [0, 0.1) is 0 Å². The summed E-state index contributed by atoms with van der Waals surface area (Å²) >= 11 is 0. The van der Waals surface area contributed by atoms with Gasteiger partial charge >= 0.3 is 6.09 Å². The summed E-state index contributed by atoms with van der Waals surface area (Å²) in [5.74, 6) is 0.796. The first-order chi connectivity index (χ1) is 10.4. The van der Waals surface area contributed by atoms with Crippen LogP contribution in [-0.4, -0.2) is 43.8 Å². The lowest BCUT2D eigenvalue weighted by atomic mass is 10.2. The second kappa shape index (κ2) is 12.1. The number of nitrogens with one attached hydrogen (secondary N) is 3. The molecule has 0 saturated heterocycles. The Morgan fingerprint density at radius 1 is 1.00 bits per heavy atom. The smallest absolute Gasteiger partial charge is 0.407 e. The number of hydrogen-bond acceptors (Lipinski definition) is 3. The van der Waals surface area contributed by atoms with Crippen LogP contribution >= 0.6 is 0 Å². The summed E-state index contributed by atoms with van der Waals surface area (Å²) in [5, 5.41) is 9.11. The van der Waals surface area contributed by atoms with E-state index in [2.05, 4.69) is 27.9 Å². The average molecular weight is 314 g/mol. The molecule has 0 aromatic rings. The Morgan fingerprint density at radius 2 is 1.68 bits per heavy atom. The average Bonchev–Trinajstić information content (AvgIpc) is 2.41. The van der Waals surface area contributed by atoms with Gasteiger partial charge in [-0.15, -0.1) is 0 Å². The molecule has 0 unspecified atom stereocenters. The van der Waals surface area contributed by atoms with Gasteiger partial charge in [0.25, 0.3) is 0 Å². The number of nitrogens with zero attached hydrogens (tertiary/aromatic N) is 1. The lowest BCUT2D eigenvalue weighted by molar-refractivity contribution is 0.0529. The van der Waals surface area contributed by atoms with E-state index in [4.69, 9.17) is 4.74 Å². The molecule has 0 bridgehead atoms. The molecule has 1 amide bonds. The molecule has 3 N–H and O–H groups in total. The number of amides is 1. The van der Waals surface area contributed by atoms with E-state index in [9.17, 15) is 4.79 Å². The van der Waals surface area contributed by atoms with Crippen molar-refractivity contribution in [3.63, 3.8) is 0 Å². The van der Waals surface area contributed by atoms with E-state index in [1.807, 2.05) is 27.7 Å². The van der Waals surface area contributed by atoms with Crippen molar-refractivity contribution < 1.29 is 9.53 Å². The van der Waals surface area contributed by atoms with Crippen molar-refractivity contribution >= 4 is 12.1 Å². The second-order valence-corrected chi connectivity index (χ2v) is 6.18. The number of carbonyl (C=O) groups is 1. The molecule has 130 valence electrons. The lowest BCUT2D eigenvalue weighted by Crippen LogP contribution is -2.42. The van der Waals surface area contributed by atoms with Crippen LogP contribution in [0.15, 0.2) is 4.99 Å². The largest absolute Gasteiger partial charge is 0.444 e. The summed E-state index contributed by atoms with van der Waals surface area (Å²) < 4.78 is 5.17. The molecule has 22 heavy (non-hydrogen) atoms. The van der Waals surface area contributed by atoms with E-state index in [0.717, 1.165) is 25.5 Å². The highest BCUT2D eigenvalue weighted by molar-refractivity contribution is 5.79. The molecule has 6 heteroatoms. The first-order valence-corrected chi connectivity index (χ1v) is 8.38. The Labute approximate surface area is 135 Å². The highest BCUT2D eigenvalue weighted by Crippen LogP contribution is 2.05. The molecule has 0 aromatic carbocycles. The summed E-state index contributed by atoms with van der Waals surface area (Å²) in [6.07, 6.45) is 4.44. The van der Waals surface area contributed by atoms with Gasteiger partial charge in [0, 0.05) is 26.2 Å². The number of alkyl carbamates (subject to hydrolysis) is 1. The first-order valence-electron chi connectivity index (χ1n) is 8.38. The minimum absolute atomic E-state index is 0.393. The monoisotopic (exact) mass is 314 g/mol. The molecule has 0 fully saturated rings. The summed E-state index contributed by atoms with van der Waals surface area (Å²) in [5.41, 5.74) is -0.466. The number of carbonyl (C=O) groups excluding carboxylic acids is 1. The standard InChI is InChI=1S/C16H34N4O2/c1-6-8-9-10-11-18-14(17-7-2)19-12-13-20-15(21)22-16(3,4)5/h6-13H2,1-5H3,(H,20,21)(H2,17,18,19). The highest BCUT2D eigenvalue weighted by atomic mass is 16.6. The number of aliphatic imine (C=N–C) groups is 1. The van der Waals surface area contributed by atoms with E-state index in [0.29, 0.717) is 13.1 Å². The van der Waals surface area contributed by atoms with E-state index in [1.165, 1.54) is 19.3 Å². The van der Waals surface area contributed by atoms with Crippen molar-refractivity contribution in [1.29, 1.82) is 0 Å². The van der Waals surface area contributed by atoms with Crippen molar-refractivity contribution in [2.45, 2.75) is 65.9 Å². The Balaban J connectivity index is 3.89. The van der Waals surface area contributed by atoms with Crippen LogP contribution in [0.2, 0.25) is 0 Å². The number of rotatable bonds is 9. The Morgan fingerprint density at radius 3 is 2.27 bits per heavy atom. The molecule has 0 aliphatic carbocycles. The van der Waals surface area contributed by atoms with Crippen molar-refractivity contribution in [2.24, 2.45) is 4.99 Å². The third-order valence-corrected chi connectivity index (χ3v) is 2.71. The Kier molecular flexibility index (Phi) is 11.3. The lowest BCUT2D eigenvalue weighted by Gasteiger charge is -2.19. The predicted molar refractivity (Wildman–Crippen MR) is 92.4 cm³/mol. The minimum Gasteiger partial charge on any atom is -0.444 e. The zero-order valence-electron chi connectivity index (χ0n) is 14.9. The van der Waals surface area contributed by atoms with E-state index in [1.54, 1.807) is 0 Å². The van der Waals surface area contributed by atoms with E-state index >= 15 is 0 Å². The zero-order chi connectivity index (χ0) is 16.8. The molecule has 0 saturated carbocycles. The van der Waals surface area contributed by atoms with Crippen LogP contribution in [0.5, 0.6) is 0 Å². The molecule has 0 aliphatic heterocycles. The molecule has 0 heterocycles. The van der Waals surface area contributed by atoms with Crippen LogP contribution in [0.25, 0.3) is 0 Å². The maximum Gasteiger partial charge on any atom is 0.407 e. The molecular formula is C16H34N4O2. The van der Waals surface area contributed by atoms with Gasteiger partial charge in [-0.1, -0.05) is 26.2 Å². The Hall–Kier alpha value is -1.46. The van der Waals surface area contributed by atoms with Crippen molar-refractivity contribution in [3.05, 3.63) is 0 Å². The van der Waals surface area contributed by atoms with Gasteiger partial charge in [-0.3, -0.25) is 4.99 Å². The Bertz CT molecular complexity index is 325. The number of hydrogen-bond donors (Lipinski definition) is 3. The van der Waals surface area contributed by atoms with Gasteiger partial charge in [0.2, 0.25) is 0 Å². The first kappa shape index (κ1) is 20.5. The second-order valence-electron chi connectivity index (χ2n) is 6.18. The fraction of sp³-hybridized carbons (Fsp3) is 0.875. The van der Waals surface area contributed by atoms with E-state index in [-0.39, 0.29) is 0 Å². The maximum atomic E-state index is 11.5. The minimum atomic E-state index is -0.466. The molecule has 0 spiro atoms. The van der Waals surface area contributed by atoms with Crippen LogP contribution in [-0.2, 0) is 4.74 Å². The molecule has 0 atom stereocenters. The van der Waals surface area contributed by atoms with Crippen molar-refractivity contribution in [1.82, 2.24) is 16.0 Å². The summed E-state index contributed by atoms with van der Waals surface area (Å²) in [4.78, 5) is 16.0. The highest BCUT2D eigenvalue weighted by Gasteiger charge is 2.15. The molecule has 0 rings (SSSR count). The number of unbranched alkanes of at least 4 members (excludes halogenated alkanes) is 3. The predicted octanol–water partition coefficient (Wildman–Crippen LogP) is 2.65. The molecule has 0 aliphatic rings. The normalized spacial score (nSPS) is 12.0. The quantitative estimate of drug-likeness (QED) is 0.347. The number of guanidine groups is 1. The van der Waals surface area contributed by atoms with Gasteiger partial charge in [0.15, 0.2) is 5.96 Å². The summed E-state index contributed by atoms with van der Waals surface area (Å²) in [7, 11) is 0. The summed E-state index contributed by atoms with van der Waals surface area (Å²) in [6, 6.07) is 0. The third kappa shape index (κ3) is 13.5. The third-order valence-electron chi connectivity index (χ3n) is 2.71. The van der Waals surface area contributed by atoms with Gasteiger partial charge in [0.1, 0.15) is 5.60 Å². The van der Waals surface area contributed by atoms with Crippen LogP contribution in [0.3, 0.4) is 0 Å². The van der Waals surface area contributed by atoms with Gasteiger partial charge in [0.05, 0.1) is 0 Å².